The molecule has 2 aromatic carbocycles. The molecule has 1 heterocycles. The molecule has 0 saturated carbocycles. The molecule has 0 atom stereocenters. The number of nitrogens with zero attached hydrogens (tertiary/aromatic N) is 4. The summed E-state index contributed by atoms with van der Waals surface area (Å²) in [5.74, 6) is 1.13. The Morgan fingerprint density at radius 1 is 1.24 bits per heavy atom. The largest absolute Gasteiger partial charge is 0.486 e. The van der Waals surface area contributed by atoms with Gasteiger partial charge in [0, 0.05) is 6.07 Å². The zero-order chi connectivity index (χ0) is 17.6. The van der Waals surface area contributed by atoms with E-state index in [-0.39, 0.29) is 17.1 Å². The summed E-state index contributed by atoms with van der Waals surface area (Å²) in [4.78, 5) is 10.6. The third-order valence-electron chi connectivity index (χ3n) is 3.27. The predicted molar refractivity (Wildman–Crippen MR) is 94.3 cm³/mol. The highest BCUT2D eigenvalue weighted by Gasteiger charge is 2.11. The number of hydrogen-bond acceptors (Lipinski definition) is 6. The summed E-state index contributed by atoms with van der Waals surface area (Å²) in [5, 5.41) is 22.0. The molecule has 0 aliphatic heterocycles. The van der Waals surface area contributed by atoms with Crippen molar-refractivity contribution in [3.05, 3.63) is 80.9 Å². The Kier molecular flexibility index (Phi) is 4.95. The van der Waals surface area contributed by atoms with Crippen LogP contribution < -0.4 is 4.74 Å². The number of nitro groups is 1. The minimum absolute atomic E-state index is 0.0386. The van der Waals surface area contributed by atoms with E-state index < -0.39 is 4.92 Å². The number of H-pyrrole nitrogens is 1. The van der Waals surface area contributed by atoms with Crippen molar-refractivity contribution in [3.63, 3.8) is 0 Å². The van der Waals surface area contributed by atoms with Gasteiger partial charge in [-0.25, -0.2) is 5.10 Å². The highest BCUT2D eigenvalue weighted by molar-refractivity contribution is 7.71. The van der Waals surface area contributed by atoms with E-state index in [1.54, 1.807) is 18.2 Å². The van der Waals surface area contributed by atoms with Crippen LogP contribution in [0.25, 0.3) is 0 Å². The normalized spacial score (nSPS) is 10.9. The number of para-hydroxylation sites is 2. The van der Waals surface area contributed by atoms with E-state index in [1.807, 2.05) is 30.3 Å². The lowest BCUT2D eigenvalue weighted by atomic mass is 10.2. The average Bonchev–Trinajstić information content (AvgIpc) is 2.99. The van der Waals surface area contributed by atoms with Gasteiger partial charge in [0.05, 0.1) is 16.7 Å². The van der Waals surface area contributed by atoms with Crippen molar-refractivity contribution in [2.45, 2.75) is 6.61 Å². The maximum absolute atomic E-state index is 11.1. The highest BCUT2D eigenvalue weighted by Crippen LogP contribution is 2.16. The van der Waals surface area contributed by atoms with Gasteiger partial charge in [-0.15, -0.1) is 0 Å². The Morgan fingerprint density at radius 2 is 1.96 bits per heavy atom. The molecule has 126 valence electrons. The molecule has 0 saturated heterocycles. The molecule has 8 nitrogen and oxygen atoms in total. The Hall–Kier alpha value is -3.33. The standard InChI is InChI=1S/C16H13N5O3S/c22-21(23)14-9-5-4-6-12(14)10-17-20-15(18-19-16(20)25)11-24-13-7-2-1-3-8-13/h1-10H,11H2,(H,19,25)/b17-10+. The molecular weight excluding hydrogens is 342 g/mol. The average molecular weight is 355 g/mol. The van der Waals surface area contributed by atoms with Crippen molar-refractivity contribution in [2.24, 2.45) is 5.10 Å². The fraction of sp³-hybridized carbons (Fsp3) is 0.0625. The van der Waals surface area contributed by atoms with Gasteiger partial charge in [0.1, 0.15) is 12.4 Å². The van der Waals surface area contributed by atoms with Gasteiger partial charge in [0.25, 0.3) is 5.69 Å². The van der Waals surface area contributed by atoms with Crippen LogP contribution in [0, 0.1) is 14.9 Å². The summed E-state index contributed by atoms with van der Waals surface area (Å²) in [6.45, 7) is 0.144. The molecule has 0 fully saturated rings. The van der Waals surface area contributed by atoms with Gasteiger partial charge in [-0.05, 0) is 30.4 Å². The molecule has 0 bridgehead atoms. The van der Waals surface area contributed by atoms with Gasteiger partial charge in [-0.2, -0.15) is 14.9 Å². The number of aromatic nitrogens is 3. The second-order valence-corrected chi connectivity index (χ2v) is 5.31. The Bertz CT molecular complexity index is 965. The second-order valence-electron chi connectivity index (χ2n) is 4.92. The number of hydrogen-bond donors (Lipinski definition) is 1. The first kappa shape index (κ1) is 16.5. The molecule has 1 aromatic heterocycles. The third kappa shape index (κ3) is 3.96. The van der Waals surface area contributed by atoms with E-state index in [1.165, 1.54) is 17.0 Å². The quantitative estimate of drug-likeness (QED) is 0.316. The lowest BCUT2D eigenvalue weighted by Crippen LogP contribution is -2.04. The number of ether oxygens (including phenoxy) is 1. The van der Waals surface area contributed by atoms with Crippen LogP contribution in [0.15, 0.2) is 59.7 Å². The minimum atomic E-state index is -0.463. The van der Waals surface area contributed by atoms with Crippen LogP contribution in [-0.2, 0) is 6.61 Å². The fourth-order valence-electron chi connectivity index (χ4n) is 2.08. The van der Waals surface area contributed by atoms with Crippen LogP contribution in [0.3, 0.4) is 0 Å². The number of rotatable bonds is 6. The molecule has 0 unspecified atom stereocenters. The number of nitrogens with one attached hydrogen (secondary N) is 1. The van der Waals surface area contributed by atoms with E-state index in [0.29, 0.717) is 17.1 Å². The van der Waals surface area contributed by atoms with Gasteiger partial charge in [-0.3, -0.25) is 10.1 Å². The number of aromatic amines is 1. The van der Waals surface area contributed by atoms with Gasteiger partial charge >= 0.3 is 0 Å². The molecule has 3 rings (SSSR count). The van der Waals surface area contributed by atoms with Gasteiger partial charge in [0.2, 0.25) is 4.77 Å². The maximum atomic E-state index is 11.1. The van der Waals surface area contributed by atoms with Crippen molar-refractivity contribution in [3.8, 4) is 5.75 Å². The van der Waals surface area contributed by atoms with Crippen LogP contribution in [0.4, 0.5) is 5.69 Å². The lowest BCUT2D eigenvalue weighted by molar-refractivity contribution is -0.385. The van der Waals surface area contributed by atoms with Crippen LogP contribution >= 0.6 is 12.2 Å². The van der Waals surface area contributed by atoms with E-state index >= 15 is 0 Å². The van der Waals surface area contributed by atoms with Gasteiger partial charge < -0.3 is 4.74 Å². The molecule has 0 radical (unpaired) electrons. The molecule has 0 amide bonds. The van der Waals surface area contributed by atoms with E-state index in [0.717, 1.165) is 0 Å². The molecule has 3 aromatic rings. The molecule has 0 spiro atoms. The first-order valence-electron chi connectivity index (χ1n) is 7.27. The summed E-state index contributed by atoms with van der Waals surface area (Å²) in [6.07, 6.45) is 1.37. The van der Waals surface area contributed by atoms with Crippen molar-refractivity contribution in [1.29, 1.82) is 0 Å². The summed E-state index contributed by atoms with van der Waals surface area (Å²) >= 11 is 5.15. The molecule has 1 N–H and O–H groups in total. The molecular formula is C16H13N5O3S. The van der Waals surface area contributed by atoms with Gasteiger partial charge in [-0.1, -0.05) is 30.3 Å². The second kappa shape index (κ2) is 7.49. The van der Waals surface area contributed by atoms with E-state index in [4.69, 9.17) is 17.0 Å². The van der Waals surface area contributed by atoms with Crippen LogP contribution in [-0.4, -0.2) is 26.0 Å². The van der Waals surface area contributed by atoms with Crippen molar-refractivity contribution < 1.29 is 9.66 Å². The van der Waals surface area contributed by atoms with Crippen molar-refractivity contribution in [2.75, 3.05) is 0 Å². The third-order valence-corrected chi connectivity index (χ3v) is 3.54. The van der Waals surface area contributed by atoms with Crippen molar-refractivity contribution >= 4 is 24.1 Å². The zero-order valence-corrected chi connectivity index (χ0v) is 13.7. The summed E-state index contributed by atoms with van der Waals surface area (Å²) in [7, 11) is 0. The van der Waals surface area contributed by atoms with Crippen LogP contribution in [0.5, 0.6) is 5.75 Å². The first-order valence-corrected chi connectivity index (χ1v) is 7.68. The predicted octanol–water partition coefficient (Wildman–Crippen LogP) is 3.31. The van der Waals surface area contributed by atoms with E-state index in [2.05, 4.69) is 15.3 Å². The monoisotopic (exact) mass is 355 g/mol. The van der Waals surface area contributed by atoms with Crippen molar-refractivity contribution in [1.82, 2.24) is 14.9 Å². The first-order chi connectivity index (χ1) is 12.1. The number of benzene rings is 2. The minimum Gasteiger partial charge on any atom is -0.486 e. The Balaban J connectivity index is 1.83. The topological polar surface area (TPSA) is 98.3 Å². The smallest absolute Gasteiger partial charge is 0.278 e. The summed E-state index contributed by atoms with van der Waals surface area (Å²) in [5.41, 5.74) is 0.328. The van der Waals surface area contributed by atoms with Crippen LogP contribution in [0.1, 0.15) is 11.4 Å². The number of nitro benzene ring substituents is 1. The molecule has 0 aliphatic carbocycles. The lowest BCUT2D eigenvalue weighted by Gasteiger charge is -2.05. The Labute approximate surface area is 147 Å². The van der Waals surface area contributed by atoms with E-state index in [9.17, 15) is 10.1 Å². The Morgan fingerprint density at radius 3 is 2.72 bits per heavy atom. The summed E-state index contributed by atoms with van der Waals surface area (Å²) < 4.78 is 7.26. The summed E-state index contributed by atoms with van der Waals surface area (Å²) in [6, 6.07) is 15.6. The molecule has 0 aliphatic rings. The maximum Gasteiger partial charge on any atom is 0.278 e. The van der Waals surface area contributed by atoms with Crippen LogP contribution in [0.2, 0.25) is 0 Å². The SMILES string of the molecule is O=[N+]([O-])c1ccccc1/C=N/n1c(COc2ccccc2)n[nH]c1=S. The molecule has 25 heavy (non-hydrogen) atoms. The molecule has 9 heteroatoms. The highest BCUT2D eigenvalue weighted by atomic mass is 32.1. The van der Waals surface area contributed by atoms with Gasteiger partial charge in [0.15, 0.2) is 5.82 Å². The fourth-order valence-corrected chi connectivity index (χ4v) is 2.28. The zero-order valence-electron chi connectivity index (χ0n) is 12.9.